The average molecular weight is 177 g/mol. The van der Waals surface area contributed by atoms with Crippen LogP contribution in [-0.4, -0.2) is 13.5 Å². The summed E-state index contributed by atoms with van der Waals surface area (Å²) in [7, 11) is 0. The van der Waals surface area contributed by atoms with Crippen LogP contribution in [0.2, 0.25) is 5.31 Å². The van der Waals surface area contributed by atoms with Crippen molar-refractivity contribution in [2.24, 2.45) is 5.73 Å². The third-order valence-corrected chi connectivity index (χ3v) is 1.99. The Morgan fingerprint density at radius 2 is 1.70 bits per heavy atom. The van der Waals surface area contributed by atoms with E-state index in [4.69, 9.17) is 5.73 Å². The van der Waals surface area contributed by atoms with Crippen LogP contribution in [0, 0.1) is 0 Å². The normalized spacial score (nSPS) is 21.6. The Bertz CT molecular complexity index is 122. The molecule has 0 heterocycles. The molecule has 0 atom stereocenters. The summed E-state index contributed by atoms with van der Waals surface area (Å²) in [5.74, 6) is 0. The standard InChI is InChI=1S/C4H8BF3N.K/c6-5(7,8)4(3-9)1-2-4;/h1-3,9H2;/q-1;+1. The predicted molar refractivity (Wildman–Crippen MR) is 30.1 cm³/mol. The molecule has 6 heteroatoms. The predicted octanol–water partition coefficient (Wildman–Crippen LogP) is -1.67. The fraction of sp³-hybridized carbons (Fsp3) is 1.00. The van der Waals surface area contributed by atoms with Gasteiger partial charge in [-0.2, -0.15) is 0 Å². The van der Waals surface area contributed by atoms with Crippen LogP contribution in [0.25, 0.3) is 0 Å². The molecule has 54 valence electrons. The van der Waals surface area contributed by atoms with Crippen LogP contribution in [0.3, 0.4) is 0 Å². The molecule has 1 saturated carbocycles. The van der Waals surface area contributed by atoms with Crippen molar-refractivity contribution in [1.82, 2.24) is 0 Å². The van der Waals surface area contributed by atoms with Crippen molar-refractivity contribution in [2.45, 2.75) is 18.2 Å². The molecule has 0 aromatic carbocycles. The van der Waals surface area contributed by atoms with Gasteiger partial charge in [0.15, 0.2) is 0 Å². The van der Waals surface area contributed by atoms with Crippen LogP contribution in [0.1, 0.15) is 12.8 Å². The van der Waals surface area contributed by atoms with Gasteiger partial charge in [-0.3, -0.25) is 0 Å². The van der Waals surface area contributed by atoms with E-state index in [2.05, 4.69) is 0 Å². The van der Waals surface area contributed by atoms with Gasteiger partial charge in [-0.25, -0.2) is 0 Å². The van der Waals surface area contributed by atoms with Gasteiger partial charge < -0.3 is 18.7 Å². The molecule has 0 spiro atoms. The van der Waals surface area contributed by atoms with E-state index in [1.165, 1.54) is 0 Å². The largest absolute Gasteiger partial charge is 1.00 e. The summed E-state index contributed by atoms with van der Waals surface area (Å²) in [6.45, 7) is -4.89. The van der Waals surface area contributed by atoms with Crippen molar-refractivity contribution in [3.8, 4) is 0 Å². The molecule has 10 heavy (non-hydrogen) atoms. The minimum Gasteiger partial charge on any atom is -0.448 e. The van der Waals surface area contributed by atoms with E-state index >= 15 is 0 Å². The molecule has 0 aromatic rings. The van der Waals surface area contributed by atoms with Crippen LogP contribution in [0.5, 0.6) is 0 Å². The van der Waals surface area contributed by atoms with Gasteiger partial charge in [0.25, 0.3) is 0 Å². The van der Waals surface area contributed by atoms with E-state index in [1.54, 1.807) is 0 Å². The first-order chi connectivity index (χ1) is 4.02. The van der Waals surface area contributed by atoms with Gasteiger partial charge in [-0.05, 0) is 11.9 Å². The van der Waals surface area contributed by atoms with E-state index < -0.39 is 12.3 Å². The summed E-state index contributed by atoms with van der Waals surface area (Å²) in [5.41, 5.74) is 4.95. The van der Waals surface area contributed by atoms with E-state index in [0.29, 0.717) is 0 Å². The molecule has 0 bridgehead atoms. The molecule has 1 aliphatic rings. The summed E-state index contributed by atoms with van der Waals surface area (Å²) in [6.07, 6.45) is 0.486. The molecule has 0 radical (unpaired) electrons. The summed E-state index contributed by atoms with van der Waals surface area (Å²) in [5, 5.41) is -1.43. The van der Waals surface area contributed by atoms with Gasteiger partial charge in [0.1, 0.15) is 0 Å². The maximum absolute atomic E-state index is 11.9. The Labute approximate surface area is 100 Å². The van der Waals surface area contributed by atoms with Gasteiger partial charge in [-0.1, -0.05) is 12.8 Å². The molecular formula is C4H8BF3KN. The van der Waals surface area contributed by atoms with Gasteiger partial charge in [-0.15, -0.1) is 0 Å². The molecule has 0 amide bonds. The van der Waals surface area contributed by atoms with Crippen LogP contribution in [0.4, 0.5) is 12.9 Å². The number of hydrogen-bond donors (Lipinski definition) is 1. The summed E-state index contributed by atoms with van der Waals surface area (Å²) in [4.78, 5) is 0. The van der Waals surface area contributed by atoms with Crippen LogP contribution < -0.4 is 57.1 Å². The summed E-state index contributed by atoms with van der Waals surface area (Å²) in [6, 6.07) is 0. The van der Waals surface area contributed by atoms with Gasteiger partial charge in [0, 0.05) is 0 Å². The summed E-state index contributed by atoms with van der Waals surface area (Å²) >= 11 is 0. The molecule has 0 aliphatic heterocycles. The molecule has 0 saturated heterocycles. The Hall–Kier alpha value is 1.45. The van der Waals surface area contributed by atoms with Gasteiger partial charge in [0.2, 0.25) is 0 Å². The SMILES string of the molecule is NCC1([B-](F)(F)F)CC1.[K+]. The number of nitrogens with two attached hydrogens (primary N) is 1. The first-order valence-electron chi connectivity index (χ1n) is 2.91. The minimum absolute atomic E-state index is 0. The van der Waals surface area contributed by atoms with Crippen molar-refractivity contribution in [3.63, 3.8) is 0 Å². The third-order valence-electron chi connectivity index (χ3n) is 1.99. The zero-order valence-electron chi connectivity index (χ0n) is 5.91. The van der Waals surface area contributed by atoms with Crippen LogP contribution >= 0.6 is 0 Å². The fourth-order valence-corrected chi connectivity index (χ4v) is 0.826. The van der Waals surface area contributed by atoms with E-state index in [0.717, 1.165) is 0 Å². The molecular weight excluding hydrogens is 169 g/mol. The average Bonchev–Trinajstić information content (AvgIpc) is 2.40. The van der Waals surface area contributed by atoms with Crippen molar-refractivity contribution in [1.29, 1.82) is 0 Å². The maximum atomic E-state index is 11.9. The molecule has 0 unspecified atom stereocenters. The van der Waals surface area contributed by atoms with Crippen LogP contribution in [-0.2, 0) is 0 Å². The third kappa shape index (κ3) is 1.98. The second kappa shape index (κ2) is 3.45. The molecule has 1 nitrogen and oxygen atoms in total. The monoisotopic (exact) mass is 177 g/mol. The second-order valence-electron chi connectivity index (χ2n) is 2.64. The minimum atomic E-state index is -4.67. The Balaban J connectivity index is 0.000000810. The molecule has 1 fully saturated rings. The van der Waals surface area contributed by atoms with E-state index in [9.17, 15) is 12.9 Å². The maximum Gasteiger partial charge on any atom is 1.00 e. The summed E-state index contributed by atoms with van der Waals surface area (Å²) < 4.78 is 35.6. The first-order valence-corrected chi connectivity index (χ1v) is 2.91. The molecule has 0 aromatic heterocycles. The van der Waals surface area contributed by atoms with Crippen molar-refractivity contribution < 1.29 is 64.3 Å². The number of hydrogen-bond acceptors (Lipinski definition) is 1. The fourth-order valence-electron chi connectivity index (χ4n) is 0.826. The number of rotatable bonds is 2. The van der Waals surface area contributed by atoms with Gasteiger partial charge >= 0.3 is 58.4 Å². The van der Waals surface area contributed by atoms with E-state index in [-0.39, 0.29) is 70.8 Å². The quantitative estimate of drug-likeness (QED) is 0.501. The van der Waals surface area contributed by atoms with Crippen LogP contribution in [0.15, 0.2) is 0 Å². The van der Waals surface area contributed by atoms with E-state index in [1.807, 2.05) is 0 Å². The Morgan fingerprint density at radius 1 is 1.30 bits per heavy atom. The van der Waals surface area contributed by atoms with Gasteiger partial charge in [0.05, 0.1) is 0 Å². The topological polar surface area (TPSA) is 26.0 Å². The zero-order chi connectivity index (χ0) is 7.12. The smallest absolute Gasteiger partial charge is 0.448 e. The number of halogens is 3. The zero-order valence-corrected chi connectivity index (χ0v) is 9.03. The van der Waals surface area contributed by atoms with Crippen molar-refractivity contribution >= 4 is 6.98 Å². The molecule has 2 N–H and O–H groups in total. The van der Waals surface area contributed by atoms with Crippen molar-refractivity contribution in [2.75, 3.05) is 6.54 Å². The first kappa shape index (κ1) is 11.5. The molecule has 1 rings (SSSR count). The Morgan fingerprint density at radius 3 is 1.70 bits per heavy atom. The second-order valence-corrected chi connectivity index (χ2v) is 2.64. The molecule has 1 aliphatic carbocycles. The van der Waals surface area contributed by atoms with Crippen molar-refractivity contribution in [3.05, 3.63) is 0 Å². The Kier molecular flexibility index (Phi) is 3.95.